The molecule has 1 rings (SSSR count). The van der Waals surface area contributed by atoms with Crippen molar-refractivity contribution in [2.24, 2.45) is 0 Å². The van der Waals surface area contributed by atoms with Gasteiger partial charge in [0.1, 0.15) is 11.9 Å². The SMILES string of the molecule is O=C(O)CC(O)C(O)c1c(F)cccc1C(=O)O. The van der Waals surface area contributed by atoms with Crippen LogP contribution in [0.3, 0.4) is 0 Å². The lowest BCUT2D eigenvalue weighted by Crippen LogP contribution is -2.24. The summed E-state index contributed by atoms with van der Waals surface area (Å²) >= 11 is 0. The van der Waals surface area contributed by atoms with Crippen LogP contribution < -0.4 is 0 Å². The van der Waals surface area contributed by atoms with Crippen LogP contribution in [0, 0.1) is 5.82 Å². The minimum atomic E-state index is -1.92. The third-order valence-electron chi connectivity index (χ3n) is 2.33. The molecule has 0 aliphatic heterocycles. The molecule has 0 fully saturated rings. The Morgan fingerprint density at radius 2 is 1.83 bits per heavy atom. The zero-order valence-corrected chi connectivity index (χ0v) is 9.08. The smallest absolute Gasteiger partial charge is 0.336 e. The van der Waals surface area contributed by atoms with Crippen LogP contribution in [0.5, 0.6) is 0 Å². The first-order chi connectivity index (χ1) is 8.34. The van der Waals surface area contributed by atoms with Crippen LogP contribution in [0.1, 0.15) is 28.4 Å². The summed E-state index contributed by atoms with van der Waals surface area (Å²) in [5.41, 5.74) is -1.15. The molecule has 98 valence electrons. The molecule has 0 bridgehead atoms. The lowest BCUT2D eigenvalue weighted by atomic mass is 9.96. The quantitative estimate of drug-likeness (QED) is 0.607. The van der Waals surface area contributed by atoms with E-state index in [2.05, 4.69) is 0 Å². The Hall–Kier alpha value is -1.99. The molecular weight excluding hydrogens is 247 g/mol. The highest BCUT2D eigenvalue weighted by Crippen LogP contribution is 2.25. The number of rotatable bonds is 5. The number of carboxylic acid groups (broad SMARTS) is 2. The minimum Gasteiger partial charge on any atom is -0.481 e. The van der Waals surface area contributed by atoms with Crippen molar-refractivity contribution in [1.82, 2.24) is 0 Å². The number of hydrogen-bond donors (Lipinski definition) is 4. The number of aliphatic hydroxyl groups is 2. The molecule has 0 aromatic heterocycles. The van der Waals surface area contributed by atoms with Crippen LogP contribution in [0.4, 0.5) is 4.39 Å². The van der Waals surface area contributed by atoms with Gasteiger partial charge in [-0.15, -0.1) is 0 Å². The van der Waals surface area contributed by atoms with E-state index in [-0.39, 0.29) is 0 Å². The fourth-order valence-electron chi connectivity index (χ4n) is 1.51. The molecule has 0 saturated heterocycles. The van der Waals surface area contributed by atoms with Crippen molar-refractivity contribution in [1.29, 1.82) is 0 Å². The highest BCUT2D eigenvalue weighted by atomic mass is 19.1. The average molecular weight is 258 g/mol. The van der Waals surface area contributed by atoms with E-state index in [1.165, 1.54) is 0 Å². The monoisotopic (exact) mass is 258 g/mol. The number of carboxylic acids is 2. The Bertz CT molecular complexity index is 473. The molecule has 0 spiro atoms. The van der Waals surface area contributed by atoms with Crippen molar-refractivity contribution in [3.8, 4) is 0 Å². The van der Waals surface area contributed by atoms with Gasteiger partial charge in [0.15, 0.2) is 0 Å². The third kappa shape index (κ3) is 3.02. The molecule has 0 aliphatic rings. The largest absolute Gasteiger partial charge is 0.481 e. The Balaban J connectivity index is 3.15. The Labute approximate surface area is 101 Å². The second kappa shape index (κ2) is 5.56. The van der Waals surface area contributed by atoms with Gasteiger partial charge in [0.05, 0.1) is 18.1 Å². The molecule has 0 aliphatic carbocycles. The summed E-state index contributed by atoms with van der Waals surface area (Å²) in [6, 6.07) is 3.11. The Morgan fingerprint density at radius 1 is 1.22 bits per heavy atom. The molecule has 6 nitrogen and oxygen atoms in total. The highest BCUT2D eigenvalue weighted by Gasteiger charge is 2.28. The van der Waals surface area contributed by atoms with Gasteiger partial charge in [-0.3, -0.25) is 4.79 Å². The number of carbonyl (C=O) groups is 2. The van der Waals surface area contributed by atoms with Gasteiger partial charge in [-0.2, -0.15) is 0 Å². The minimum absolute atomic E-state index is 0.521. The second-order valence-electron chi connectivity index (χ2n) is 3.62. The molecule has 0 heterocycles. The number of halogens is 1. The van der Waals surface area contributed by atoms with E-state index in [0.717, 1.165) is 18.2 Å². The number of hydrogen-bond acceptors (Lipinski definition) is 4. The fourth-order valence-corrected chi connectivity index (χ4v) is 1.51. The van der Waals surface area contributed by atoms with E-state index < -0.39 is 47.5 Å². The summed E-state index contributed by atoms with van der Waals surface area (Å²) in [6.07, 6.45) is -4.54. The molecule has 2 atom stereocenters. The molecule has 7 heteroatoms. The van der Waals surface area contributed by atoms with Gasteiger partial charge < -0.3 is 20.4 Å². The standard InChI is InChI=1S/C11H11FO6/c12-6-3-1-2-5(11(17)18)9(6)10(16)7(13)4-8(14)15/h1-3,7,10,13,16H,4H2,(H,14,15)(H,17,18). The van der Waals surface area contributed by atoms with Gasteiger partial charge in [-0.25, -0.2) is 9.18 Å². The van der Waals surface area contributed by atoms with Crippen LogP contribution in [0.15, 0.2) is 18.2 Å². The van der Waals surface area contributed by atoms with Crippen LogP contribution in [-0.4, -0.2) is 38.5 Å². The number of benzene rings is 1. The summed E-state index contributed by atoms with van der Waals surface area (Å²) in [7, 11) is 0. The summed E-state index contributed by atoms with van der Waals surface area (Å²) < 4.78 is 13.5. The van der Waals surface area contributed by atoms with Crippen molar-refractivity contribution in [3.63, 3.8) is 0 Å². The zero-order chi connectivity index (χ0) is 13.9. The van der Waals surface area contributed by atoms with E-state index in [1.54, 1.807) is 0 Å². The summed E-state index contributed by atoms with van der Waals surface area (Å²) in [5, 5.41) is 36.3. The summed E-state index contributed by atoms with van der Waals surface area (Å²) in [4.78, 5) is 21.2. The molecule has 18 heavy (non-hydrogen) atoms. The maximum Gasteiger partial charge on any atom is 0.336 e. The first kappa shape index (κ1) is 14.1. The van der Waals surface area contributed by atoms with Crippen molar-refractivity contribution in [3.05, 3.63) is 35.1 Å². The fraction of sp³-hybridized carbons (Fsp3) is 0.273. The molecule has 2 unspecified atom stereocenters. The van der Waals surface area contributed by atoms with E-state index in [9.17, 15) is 24.2 Å². The second-order valence-corrected chi connectivity index (χ2v) is 3.62. The summed E-state index contributed by atoms with van der Waals surface area (Å²) in [5.74, 6) is -3.90. The predicted molar refractivity (Wildman–Crippen MR) is 56.6 cm³/mol. The maximum atomic E-state index is 13.5. The molecule has 0 radical (unpaired) electrons. The average Bonchev–Trinajstić information content (AvgIpc) is 2.26. The first-order valence-electron chi connectivity index (χ1n) is 4.94. The van der Waals surface area contributed by atoms with Gasteiger partial charge in [-0.1, -0.05) is 6.07 Å². The highest BCUT2D eigenvalue weighted by molar-refractivity contribution is 5.89. The Morgan fingerprint density at radius 3 is 2.33 bits per heavy atom. The normalized spacial score (nSPS) is 13.9. The number of aliphatic carboxylic acids is 1. The van der Waals surface area contributed by atoms with Crippen molar-refractivity contribution in [2.75, 3.05) is 0 Å². The number of aromatic carboxylic acids is 1. The van der Waals surface area contributed by atoms with Crippen LogP contribution in [-0.2, 0) is 4.79 Å². The van der Waals surface area contributed by atoms with Gasteiger partial charge >= 0.3 is 11.9 Å². The van der Waals surface area contributed by atoms with E-state index in [1.807, 2.05) is 0 Å². The first-order valence-corrected chi connectivity index (χ1v) is 4.94. The van der Waals surface area contributed by atoms with Gasteiger partial charge in [0.2, 0.25) is 0 Å². The predicted octanol–water partition coefficient (Wildman–Crippen LogP) is 0.393. The van der Waals surface area contributed by atoms with Crippen LogP contribution >= 0.6 is 0 Å². The van der Waals surface area contributed by atoms with Gasteiger partial charge in [-0.05, 0) is 12.1 Å². The van der Waals surface area contributed by atoms with Crippen molar-refractivity contribution >= 4 is 11.9 Å². The van der Waals surface area contributed by atoms with Gasteiger partial charge in [0, 0.05) is 5.56 Å². The van der Waals surface area contributed by atoms with E-state index in [0.29, 0.717) is 0 Å². The van der Waals surface area contributed by atoms with Crippen molar-refractivity contribution < 1.29 is 34.4 Å². The molecule has 4 N–H and O–H groups in total. The molecule has 1 aromatic carbocycles. The Kier molecular flexibility index (Phi) is 4.35. The van der Waals surface area contributed by atoms with Crippen LogP contribution in [0.2, 0.25) is 0 Å². The molecule has 0 amide bonds. The molecular formula is C11H11FO6. The maximum absolute atomic E-state index is 13.5. The van der Waals surface area contributed by atoms with Gasteiger partial charge in [0.25, 0.3) is 0 Å². The van der Waals surface area contributed by atoms with E-state index >= 15 is 0 Å². The van der Waals surface area contributed by atoms with Crippen molar-refractivity contribution in [2.45, 2.75) is 18.6 Å². The topological polar surface area (TPSA) is 115 Å². The van der Waals surface area contributed by atoms with E-state index in [4.69, 9.17) is 10.2 Å². The number of aliphatic hydroxyl groups excluding tert-OH is 2. The molecule has 1 aromatic rings. The lowest BCUT2D eigenvalue weighted by molar-refractivity contribution is -0.141. The molecule has 0 saturated carbocycles. The third-order valence-corrected chi connectivity index (χ3v) is 2.33. The summed E-state index contributed by atoms with van der Waals surface area (Å²) in [6.45, 7) is 0. The zero-order valence-electron chi connectivity index (χ0n) is 9.08. The van der Waals surface area contributed by atoms with Crippen LogP contribution in [0.25, 0.3) is 0 Å². The lowest BCUT2D eigenvalue weighted by Gasteiger charge is -2.18.